The van der Waals surface area contributed by atoms with E-state index in [-0.39, 0.29) is 33.2 Å². The van der Waals surface area contributed by atoms with Crippen LogP contribution in [0.25, 0.3) is 11.1 Å². The van der Waals surface area contributed by atoms with E-state index < -0.39 is 35.2 Å². The predicted molar refractivity (Wildman–Crippen MR) is 167 cm³/mol. The van der Waals surface area contributed by atoms with E-state index in [9.17, 15) is 20.6 Å². The van der Waals surface area contributed by atoms with Crippen molar-refractivity contribution in [2.24, 2.45) is 11.8 Å². The van der Waals surface area contributed by atoms with Crippen molar-refractivity contribution in [2.45, 2.75) is 73.0 Å². The molecule has 46 heavy (non-hydrogen) atoms. The van der Waals surface area contributed by atoms with Crippen molar-refractivity contribution in [3.05, 3.63) is 69.1 Å². The van der Waals surface area contributed by atoms with Crippen LogP contribution < -0.4 is 18.9 Å². The third-order valence-corrected chi connectivity index (χ3v) is 13.6. The van der Waals surface area contributed by atoms with Crippen LogP contribution in [0.4, 0.5) is 0 Å². The second-order valence-electron chi connectivity index (χ2n) is 15.4. The summed E-state index contributed by atoms with van der Waals surface area (Å²) in [4.78, 5) is 0. The van der Waals surface area contributed by atoms with E-state index in [1.54, 1.807) is 40.5 Å². The highest BCUT2D eigenvalue weighted by molar-refractivity contribution is 5.86. The number of rotatable bonds is 3. The summed E-state index contributed by atoms with van der Waals surface area (Å²) >= 11 is 0. The van der Waals surface area contributed by atoms with Gasteiger partial charge in [0.15, 0.2) is 23.0 Å². The highest BCUT2D eigenvalue weighted by Gasteiger charge is 2.69. The van der Waals surface area contributed by atoms with Crippen LogP contribution in [-0.2, 0) is 23.7 Å². The number of ether oxygens (including phenoxy) is 4. The van der Waals surface area contributed by atoms with Gasteiger partial charge in [-0.3, -0.25) is 0 Å². The number of methoxy groups -OCH3 is 2. The van der Waals surface area contributed by atoms with Crippen LogP contribution in [-0.4, -0.2) is 97.4 Å². The number of hydrogen-bond donors (Lipinski definition) is 2. The Morgan fingerprint density at radius 3 is 1.52 bits per heavy atom. The molecule has 4 aliphatic heterocycles. The summed E-state index contributed by atoms with van der Waals surface area (Å²) in [6, 6.07) is 3.88. The molecule has 2 fully saturated rings. The maximum Gasteiger partial charge on any atom is 0.169 e. The number of quaternary nitrogens is 2. The molecule has 2 saturated heterocycles. The summed E-state index contributed by atoms with van der Waals surface area (Å²) in [5.74, 6) is 2.33. The third kappa shape index (κ3) is 2.93. The maximum atomic E-state index is 13.9. The highest BCUT2D eigenvalue weighted by atomic mass is 16.6. The number of piperidine rings is 2. The number of likely N-dealkylation sites (tertiary alicyclic amines) is 2. The van der Waals surface area contributed by atoms with Gasteiger partial charge in [-0.05, 0) is 23.3 Å². The first-order chi connectivity index (χ1) is 22.0. The Morgan fingerprint density at radius 1 is 0.717 bits per heavy atom. The number of hydroxylamine groups is 6. The van der Waals surface area contributed by atoms with Crippen LogP contribution in [0.5, 0.6) is 23.0 Å². The number of nitrogens with zero attached hydrogens (tertiary/aromatic N) is 2. The Morgan fingerprint density at radius 2 is 1.13 bits per heavy atom. The van der Waals surface area contributed by atoms with Crippen LogP contribution in [0.3, 0.4) is 0 Å². The summed E-state index contributed by atoms with van der Waals surface area (Å²) in [5, 5.41) is 50.3. The number of hydrogen-bond acceptors (Lipinski definition) is 8. The SMILES string of the molecule is COc1c(-c2cc3c4c(c2OC)O[C@H]2[C@@H](O)C=C[C@H]5[C@@H](C3)[N+](C)([O-])CC[C@@]452)cc2c3c1O[C@H]1[C@@H](O)C=C[C@H]4[C@@H](C2)[N+](C)([O-])CC[C@@]341. The van der Waals surface area contributed by atoms with E-state index >= 15 is 0 Å². The Balaban J connectivity index is 1.22. The molecule has 4 heterocycles. The quantitative estimate of drug-likeness (QED) is 0.302. The fourth-order valence-electron chi connectivity index (χ4n) is 11.7. The summed E-state index contributed by atoms with van der Waals surface area (Å²) in [6.07, 6.45) is 7.52. The molecule has 4 bridgehead atoms. The molecule has 2 N–H and O–H groups in total. The van der Waals surface area contributed by atoms with Crippen LogP contribution in [0, 0.1) is 22.3 Å². The Labute approximate surface area is 267 Å². The Kier molecular flexibility index (Phi) is 5.15. The number of benzene rings is 2. The molecular weight excluding hydrogens is 588 g/mol. The van der Waals surface area contributed by atoms with Gasteiger partial charge in [0.2, 0.25) is 0 Å². The largest absolute Gasteiger partial charge is 0.633 e. The van der Waals surface area contributed by atoms with Crippen LogP contribution in [0.1, 0.15) is 35.1 Å². The van der Waals surface area contributed by atoms with Gasteiger partial charge in [-0.15, -0.1) is 0 Å². The minimum absolute atomic E-state index is 0.0385. The van der Waals surface area contributed by atoms with Gasteiger partial charge < -0.3 is 48.9 Å². The van der Waals surface area contributed by atoms with Crippen LogP contribution in [0.15, 0.2) is 36.4 Å². The zero-order valence-electron chi connectivity index (χ0n) is 26.6. The van der Waals surface area contributed by atoms with Crippen molar-refractivity contribution in [2.75, 3.05) is 41.4 Å². The van der Waals surface area contributed by atoms with Crippen LogP contribution in [0.2, 0.25) is 0 Å². The standard InChI is InChI=1S/C36H40N2O8/c1-37(41)11-9-35-21-5-7-25(39)33(35)45-31-27(35)17(15-23(21)37)13-19(29(31)43-3)20-14-18-16-24-22-6-8-26(40)34-36(22,10-12-38(24,2)42)28(18)32(46-34)30(20)44-4/h5-8,13-14,21-26,33-34,39-40H,9-12,15-16H2,1-4H3/t21-,22-,23+,24+,25-,26-,33-,34-,35-,36-,37?,38?/m0/s1. The topological polar surface area (TPSA) is 124 Å². The lowest BCUT2D eigenvalue weighted by Crippen LogP contribution is -2.69. The van der Waals surface area contributed by atoms with Crippen LogP contribution >= 0.6 is 0 Å². The predicted octanol–water partition coefficient (Wildman–Crippen LogP) is 3.01. The van der Waals surface area contributed by atoms with Gasteiger partial charge in [-0.1, -0.05) is 24.3 Å². The second kappa shape index (κ2) is 8.47. The minimum atomic E-state index is -0.797. The number of likely N-dealkylation sites (N-methyl/N-ethyl adjacent to an activating group) is 2. The summed E-state index contributed by atoms with van der Waals surface area (Å²) in [7, 11) is 6.83. The van der Waals surface area contributed by atoms with Gasteiger partial charge in [0.1, 0.15) is 24.4 Å². The van der Waals surface area contributed by atoms with Gasteiger partial charge in [0, 0.05) is 59.8 Å². The summed E-state index contributed by atoms with van der Waals surface area (Å²) < 4.78 is 25.3. The van der Waals surface area contributed by atoms with Crippen molar-refractivity contribution >= 4 is 0 Å². The smallest absolute Gasteiger partial charge is 0.169 e. The molecule has 12 atom stereocenters. The first-order valence-electron chi connectivity index (χ1n) is 16.7. The van der Waals surface area contributed by atoms with Gasteiger partial charge >= 0.3 is 0 Å². The minimum Gasteiger partial charge on any atom is -0.633 e. The molecule has 0 aromatic heterocycles. The Bertz CT molecular complexity index is 1670. The number of aliphatic hydroxyl groups excluding tert-OH is 2. The molecule has 2 spiro atoms. The van der Waals surface area contributed by atoms with E-state index in [0.29, 0.717) is 61.8 Å². The van der Waals surface area contributed by atoms with Crippen molar-refractivity contribution in [3.63, 3.8) is 0 Å². The lowest BCUT2D eigenvalue weighted by Gasteiger charge is -2.61. The van der Waals surface area contributed by atoms with Gasteiger partial charge in [0.05, 0.1) is 64.3 Å². The van der Waals surface area contributed by atoms with Gasteiger partial charge in [-0.25, -0.2) is 0 Å². The van der Waals surface area contributed by atoms with E-state index in [1.807, 2.05) is 0 Å². The van der Waals surface area contributed by atoms with E-state index in [4.69, 9.17) is 18.9 Å². The molecule has 0 radical (unpaired) electrons. The summed E-state index contributed by atoms with van der Waals surface area (Å²) in [5.41, 5.74) is 4.77. The normalized spacial score (nSPS) is 45.8. The van der Waals surface area contributed by atoms with Crippen molar-refractivity contribution in [1.82, 2.24) is 0 Å². The molecule has 2 aromatic carbocycles. The third-order valence-electron chi connectivity index (χ3n) is 13.6. The lowest BCUT2D eigenvalue weighted by molar-refractivity contribution is -0.898. The molecule has 10 heteroatoms. The van der Waals surface area contributed by atoms with Crippen molar-refractivity contribution < 1.29 is 38.5 Å². The molecule has 10 rings (SSSR count). The number of aliphatic hydroxyl groups is 2. The van der Waals surface area contributed by atoms with Gasteiger partial charge in [-0.2, -0.15) is 0 Å². The van der Waals surface area contributed by atoms with Crippen molar-refractivity contribution in [1.29, 1.82) is 0 Å². The fraction of sp³-hybridized carbons (Fsp3) is 0.556. The van der Waals surface area contributed by atoms with Gasteiger partial charge in [0.25, 0.3) is 0 Å². The molecule has 8 aliphatic rings. The molecule has 10 nitrogen and oxygen atoms in total. The van der Waals surface area contributed by atoms with Crippen molar-refractivity contribution in [3.8, 4) is 34.1 Å². The Hall–Kier alpha value is -3.12. The zero-order chi connectivity index (χ0) is 31.7. The zero-order valence-corrected chi connectivity index (χ0v) is 26.6. The molecule has 0 amide bonds. The molecule has 0 saturated carbocycles. The molecular formula is C36H40N2O8. The first kappa shape index (κ1) is 27.9. The fourth-order valence-corrected chi connectivity index (χ4v) is 11.7. The average Bonchev–Trinajstić information content (AvgIpc) is 3.57. The van der Waals surface area contributed by atoms with E-state index in [1.165, 1.54) is 0 Å². The van der Waals surface area contributed by atoms with E-state index in [2.05, 4.69) is 24.3 Å². The average molecular weight is 629 g/mol. The van der Waals surface area contributed by atoms with E-state index in [0.717, 1.165) is 33.4 Å². The molecule has 242 valence electrons. The maximum absolute atomic E-state index is 13.9. The second-order valence-corrected chi connectivity index (χ2v) is 15.4. The lowest BCUT2D eigenvalue weighted by atomic mass is 9.52. The molecule has 2 aromatic rings. The molecule has 4 aliphatic carbocycles. The highest BCUT2D eigenvalue weighted by Crippen LogP contribution is 2.68. The summed E-state index contributed by atoms with van der Waals surface area (Å²) in [6.45, 7) is 0.930. The molecule has 2 unspecified atom stereocenters. The first-order valence-corrected chi connectivity index (χ1v) is 16.7. The monoisotopic (exact) mass is 628 g/mol.